The molecule has 0 aliphatic carbocycles. The Hall–Kier alpha value is -2.95. The molecule has 0 unspecified atom stereocenters. The predicted molar refractivity (Wildman–Crippen MR) is 91.4 cm³/mol. The zero-order valence-corrected chi connectivity index (χ0v) is 14.8. The first kappa shape index (κ1) is 17.5. The van der Waals surface area contributed by atoms with E-state index in [9.17, 15) is 18.0 Å². The van der Waals surface area contributed by atoms with Crippen LogP contribution in [0.2, 0.25) is 0 Å². The van der Waals surface area contributed by atoms with E-state index in [0.29, 0.717) is 12.2 Å². The van der Waals surface area contributed by atoms with Gasteiger partial charge in [0.25, 0.3) is 0 Å². The summed E-state index contributed by atoms with van der Waals surface area (Å²) in [5.41, 5.74) is -1.14. The molecule has 0 fully saturated rings. The SMILES string of the molecule is CCn1nccc1[C@@H]1C(C(=O)c2cccs2)=C(C(F)(F)F)Nc2ncnn21. The largest absolute Gasteiger partial charge is 0.431 e. The van der Waals surface area contributed by atoms with Crippen molar-refractivity contribution >= 4 is 23.1 Å². The van der Waals surface area contributed by atoms with Crippen molar-refractivity contribution in [2.75, 3.05) is 5.32 Å². The van der Waals surface area contributed by atoms with Gasteiger partial charge in [0.1, 0.15) is 18.1 Å². The van der Waals surface area contributed by atoms with E-state index >= 15 is 0 Å². The van der Waals surface area contributed by atoms with Gasteiger partial charge in [-0.15, -0.1) is 11.3 Å². The molecular weight excluding hydrogens is 381 g/mol. The molecule has 0 aromatic carbocycles. The van der Waals surface area contributed by atoms with Crippen molar-refractivity contribution in [2.45, 2.75) is 25.7 Å². The Kier molecular flexibility index (Phi) is 4.10. The number of ketones is 1. The molecule has 7 nitrogen and oxygen atoms in total. The van der Waals surface area contributed by atoms with Crippen LogP contribution in [0.5, 0.6) is 0 Å². The van der Waals surface area contributed by atoms with Crippen LogP contribution in [0.25, 0.3) is 0 Å². The summed E-state index contributed by atoms with van der Waals surface area (Å²) in [5, 5.41) is 12.1. The number of carbonyl (C=O) groups excluding carboxylic acids is 1. The maximum Gasteiger partial charge on any atom is 0.431 e. The van der Waals surface area contributed by atoms with Crippen LogP contribution in [-0.4, -0.2) is 36.5 Å². The van der Waals surface area contributed by atoms with E-state index in [1.54, 1.807) is 17.5 Å². The third-order valence-corrected chi connectivity index (χ3v) is 5.07. The van der Waals surface area contributed by atoms with Crippen molar-refractivity contribution in [3.8, 4) is 0 Å². The van der Waals surface area contributed by atoms with Gasteiger partial charge < -0.3 is 5.32 Å². The lowest BCUT2D eigenvalue weighted by atomic mass is 9.94. The lowest BCUT2D eigenvalue weighted by Crippen LogP contribution is -2.35. The molecule has 3 aromatic heterocycles. The Morgan fingerprint density at radius 3 is 2.81 bits per heavy atom. The van der Waals surface area contributed by atoms with Crippen molar-refractivity contribution in [3.63, 3.8) is 0 Å². The molecule has 1 atom stereocenters. The van der Waals surface area contributed by atoms with Gasteiger partial charge in [0, 0.05) is 12.7 Å². The fourth-order valence-corrected chi connectivity index (χ4v) is 3.76. The number of hydrogen-bond donors (Lipinski definition) is 1. The van der Waals surface area contributed by atoms with Crippen LogP contribution in [0.4, 0.5) is 19.1 Å². The van der Waals surface area contributed by atoms with E-state index in [1.807, 2.05) is 6.92 Å². The second kappa shape index (κ2) is 6.34. The van der Waals surface area contributed by atoms with Gasteiger partial charge in [-0.3, -0.25) is 9.48 Å². The van der Waals surface area contributed by atoms with Crippen molar-refractivity contribution in [3.05, 3.63) is 57.9 Å². The summed E-state index contributed by atoms with van der Waals surface area (Å²) in [6.45, 7) is 2.24. The second-order valence-corrected chi connectivity index (χ2v) is 6.67. The van der Waals surface area contributed by atoms with Crippen LogP contribution >= 0.6 is 11.3 Å². The smallest absolute Gasteiger partial charge is 0.320 e. The third kappa shape index (κ3) is 2.83. The Bertz CT molecular complexity index is 1020. The Balaban J connectivity index is 1.99. The molecule has 0 radical (unpaired) electrons. The molecule has 0 spiro atoms. The summed E-state index contributed by atoms with van der Waals surface area (Å²) in [6.07, 6.45) is -2.14. The number of nitrogens with zero attached hydrogens (tertiary/aromatic N) is 5. The summed E-state index contributed by atoms with van der Waals surface area (Å²) in [6, 6.07) is 3.60. The standard InChI is InChI=1S/C16H13F3N6OS/c1-2-24-9(5-6-21-24)12-11(13(26)10-4-3-7-27-10)14(16(17,18)19)23-15-20-8-22-25(12)15/h3-8,12H,2H2,1H3,(H,20,22,23)/t12-/m1/s1. The first-order chi connectivity index (χ1) is 12.9. The molecule has 0 saturated heterocycles. The number of fused-ring (bicyclic) bond motifs is 1. The van der Waals surface area contributed by atoms with Gasteiger partial charge in [-0.2, -0.15) is 28.4 Å². The lowest BCUT2D eigenvalue weighted by Gasteiger charge is -2.30. The number of thiophene rings is 1. The lowest BCUT2D eigenvalue weighted by molar-refractivity contribution is -0.0918. The molecular formula is C16H13F3N6OS. The summed E-state index contributed by atoms with van der Waals surface area (Å²) in [7, 11) is 0. The van der Waals surface area contributed by atoms with Gasteiger partial charge in [0.2, 0.25) is 11.7 Å². The average Bonchev–Trinajstić information content (AvgIpc) is 3.39. The number of aryl methyl sites for hydroxylation is 1. The number of allylic oxidation sites excluding steroid dienone is 2. The maximum atomic E-state index is 13.8. The fraction of sp³-hybridized carbons (Fsp3) is 0.250. The predicted octanol–water partition coefficient (Wildman–Crippen LogP) is 3.27. The summed E-state index contributed by atoms with van der Waals surface area (Å²) in [5.74, 6) is -0.793. The molecule has 0 bridgehead atoms. The second-order valence-electron chi connectivity index (χ2n) is 5.72. The van der Waals surface area contributed by atoms with E-state index in [-0.39, 0.29) is 10.8 Å². The Labute approximate surface area is 155 Å². The quantitative estimate of drug-likeness (QED) is 0.688. The number of hydrogen-bond acceptors (Lipinski definition) is 6. The highest BCUT2D eigenvalue weighted by molar-refractivity contribution is 7.12. The van der Waals surface area contributed by atoms with Crippen molar-refractivity contribution < 1.29 is 18.0 Å². The van der Waals surface area contributed by atoms with E-state index in [2.05, 4.69) is 20.5 Å². The minimum atomic E-state index is -4.77. The van der Waals surface area contributed by atoms with E-state index in [1.165, 1.54) is 21.6 Å². The number of Topliss-reactive ketones (excluding diaryl/α,β-unsaturated/α-hetero) is 1. The van der Waals surface area contributed by atoms with E-state index in [4.69, 9.17) is 0 Å². The van der Waals surface area contributed by atoms with E-state index in [0.717, 1.165) is 17.7 Å². The molecule has 3 aromatic rings. The number of carbonyl (C=O) groups is 1. The van der Waals surface area contributed by atoms with Crippen LogP contribution in [0.3, 0.4) is 0 Å². The first-order valence-electron chi connectivity index (χ1n) is 7.99. The number of nitrogens with one attached hydrogen (secondary N) is 1. The molecule has 140 valence electrons. The van der Waals surface area contributed by atoms with Gasteiger partial charge in [0.15, 0.2) is 0 Å². The van der Waals surface area contributed by atoms with Gasteiger partial charge in [-0.25, -0.2) is 4.68 Å². The molecule has 11 heteroatoms. The van der Waals surface area contributed by atoms with Gasteiger partial charge >= 0.3 is 6.18 Å². The van der Waals surface area contributed by atoms with Crippen LogP contribution in [0.1, 0.15) is 28.3 Å². The Morgan fingerprint density at radius 2 is 2.15 bits per heavy atom. The van der Waals surface area contributed by atoms with Crippen LogP contribution in [0, 0.1) is 0 Å². The number of anilines is 1. The molecule has 1 aliphatic heterocycles. The number of rotatable bonds is 4. The van der Waals surface area contributed by atoms with Crippen molar-refractivity contribution in [2.24, 2.45) is 0 Å². The minimum absolute atomic E-state index is 0.0843. The highest BCUT2D eigenvalue weighted by Crippen LogP contribution is 2.42. The van der Waals surface area contributed by atoms with Crippen LogP contribution < -0.4 is 5.32 Å². The zero-order valence-electron chi connectivity index (χ0n) is 13.9. The number of alkyl halides is 3. The van der Waals surface area contributed by atoms with Crippen LogP contribution in [-0.2, 0) is 6.54 Å². The molecule has 0 saturated carbocycles. The highest BCUT2D eigenvalue weighted by atomic mass is 32.1. The normalized spacial score (nSPS) is 17.0. The van der Waals surface area contributed by atoms with Crippen molar-refractivity contribution in [1.82, 2.24) is 24.5 Å². The molecule has 4 heterocycles. The fourth-order valence-electron chi connectivity index (χ4n) is 3.08. The van der Waals surface area contributed by atoms with Crippen LogP contribution in [0.15, 0.2) is 47.4 Å². The van der Waals surface area contributed by atoms with Gasteiger partial charge in [-0.05, 0) is 24.4 Å². The first-order valence-corrected chi connectivity index (χ1v) is 8.87. The zero-order chi connectivity index (χ0) is 19.2. The third-order valence-electron chi connectivity index (χ3n) is 4.20. The summed E-state index contributed by atoms with van der Waals surface area (Å²) in [4.78, 5) is 17.1. The monoisotopic (exact) mass is 394 g/mol. The van der Waals surface area contributed by atoms with E-state index < -0.39 is 29.3 Å². The average molecular weight is 394 g/mol. The number of halogens is 3. The Morgan fingerprint density at radius 1 is 1.33 bits per heavy atom. The molecule has 27 heavy (non-hydrogen) atoms. The molecule has 0 amide bonds. The van der Waals surface area contributed by atoms with Crippen molar-refractivity contribution in [1.29, 1.82) is 0 Å². The maximum absolute atomic E-state index is 13.8. The highest BCUT2D eigenvalue weighted by Gasteiger charge is 2.46. The van der Waals surface area contributed by atoms with Gasteiger partial charge in [0.05, 0.1) is 16.1 Å². The van der Waals surface area contributed by atoms with Gasteiger partial charge in [-0.1, -0.05) is 6.07 Å². The molecule has 4 rings (SSSR count). The molecule has 1 aliphatic rings. The minimum Gasteiger partial charge on any atom is -0.320 e. The summed E-state index contributed by atoms with van der Waals surface area (Å²) >= 11 is 1.08. The topological polar surface area (TPSA) is 77.6 Å². The summed E-state index contributed by atoms with van der Waals surface area (Å²) < 4.78 is 44.3. The molecule has 1 N–H and O–H groups in total. The number of aromatic nitrogens is 5.